The van der Waals surface area contributed by atoms with E-state index in [1.54, 1.807) is 17.8 Å². The van der Waals surface area contributed by atoms with E-state index in [-0.39, 0.29) is 12.3 Å². The van der Waals surface area contributed by atoms with Crippen LogP contribution in [-0.2, 0) is 4.79 Å². The molecule has 0 aliphatic rings. The van der Waals surface area contributed by atoms with Crippen LogP contribution in [0.3, 0.4) is 0 Å². The van der Waals surface area contributed by atoms with E-state index in [1.807, 2.05) is 24.5 Å². The molecule has 0 saturated carbocycles. The molecule has 0 heterocycles. The standard InChI is InChI=1S/C14H19NO3S/c1-19-12-7-5-6-11(10-12)14(18)15-9-4-2-3-8-13(16)17/h5-7,10H,2-4,8-9H2,1H3,(H,15,18)(H,16,17). The average molecular weight is 281 g/mol. The number of aliphatic carboxylic acids is 1. The highest BCUT2D eigenvalue weighted by atomic mass is 32.2. The number of unbranched alkanes of at least 4 members (excludes halogenated alkanes) is 2. The van der Waals surface area contributed by atoms with Crippen LogP contribution in [0.25, 0.3) is 0 Å². The van der Waals surface area contributed by atoms with E-state index in [0.717, 1.165) is 17.7 Å². The number of amides is 1. The largest absolute Gasteiger partial charge is 0.481 e. The first-order chi connectivity index (χ1) is 9.13. The molecule has 0 atom stereocenters. The lowest BCUT2D eigenvalue weighted by Crippen LogP contribution is -2.24. The lowest BCUT2D eigenvalue weighted by Gasteiger charge is -2.06. The number of hydrogen-bond donors (Lipinski definition) is 2. The van der Waals surface area contributed by atoms with Crippen LogP contribution in [0.4, 0.5) is 0 Å². The minimum Gasteiger partial charge on any atom is -0.481 e. The van der Waals surface area contributed by atoms with Gasteiger partial charge >= 0.3 is 5.97 Å². The van der Waals surface area contributed by atoms with Crippen molar-refractivity contribution in [2.45, 2.75) is 30.6 Å². The Bertz CT molecular complexity index is 434. The topological polar surface area (TPSA) is 66.4 Å². The molecule has 0 spiro atoms. The molecular weight excluding hydrogens is 262 g/mol. The Labute approximate surface area is 117 Å². The average Bonchev–Trinajstić information content (AvgIpc) is 2.42. The summed E-state index contributed by atoms with van der Waals surface area (Å²) in [4.78, 5) is 23.2. The monoisotopic (exact) mass is 281 g/mol. The second-order valence-corrected chi connectivity index (χ2v) is 5.07. The zero-order chi connectivity index (χ0) is 14.1. The van der Waals surface area contributed by atoms with Crippen LogP contribution in [0.15, 0.2) is 29.2 Å². The number of hydrogen-bond acceptors (Lipinski definition) is 3. The second kappa shape index (κ2) is 8.58. The van der Waals surface area contributed by atoms with Gasteiger partial charge in [0.25, 0.3) is 5.91 Å². The van der Waals surface area contributed by atoms with Crippen LogP contribution < -0.4 is 5.32 Å². The van der Waals surface area contributed by atoms with E-state index in [2.05, 4.69) is 5.32 Å². The van der Waals surface area contributed by atoms with Gasteiger partial charge in [0.2, 0.25) is 0 Å². The normalized spacial score (nSPS) is 10.2. The van der Waals surface area contributed by atoms with Crippen molar-refractivity contribution in [3.63, 3.8) is 0 Å². The molecule has 104 valence electrons. The van der Waals surface area contributed by atoms with Crippen molar-refractivity contribution in [1.29, 1.82) is 0 Å². The van der Waals surface area contributed by atoms with Crippen LogP contribution in [0.1, 0.15) is 36.0 Å². The van der Waals surface area contributed by atoms with Gasteiger partial charge in [0, 0.05) is 23.4 Å². The zero-order valence-electron chi connectivity index (χ0n) is 11.0. The Morgan fingerprint density at radius 3 is 2.74 bits per heavy atom. The maximum Gasteiger partial charge on any atom is 0.303 e. The van der Waals surface area contributed by atoms with E-state index in [9.17, 15) is 9.59 Å². The first-order valence-corrected chi connectivity index (χ1v) is 7.50. The summed E-state index contributed by atoms with van der Waals surface area (Å²) in [5, 5.41) is 11.3. The smallest absolute Gasteiger partial charge is 0.303 e. The molecule has 2 N–H and O–H groups in total. The molecular formula is C14H19NO3S. The summed E-state index contributed by atoms with van der Waals surface area (Å²) in [6, 6.07) is 7.49. The van der Waals surface area contributed by atoms with Crippen molar-refractivity contribution in [1.82, 2.24) is 5.32 Å². The molecule has 0 saturated heterocycles. The number of carbonyl (C=O) groups excluding carboxylic acids is 1. The lowest BCUT2D eigenvalue weighted by molar-refractivity contribution is -0.137. The molecule has 19 heavy (non-hydrogen) atoms. The number of carbonyl (C=O) groups is 2. The van der Waals surface area contributed by atoms with Gasteiger partial charge in [0.1, 0.15) is 0 Å². The summed E-state index contributed by atoms with van der Waals surface area (Å²) < 4.78 is 0. The maximum atomic E-state index is 11.8. The first kappa shape index (κ1) is 15.6. The first-order valence-electron chi connectivity index (χ1n) is 6.27. The van der Waals surface area contributed by atoms with Gasteiger partial charge in [-0.05, 0) is 37.3 Å². The molecule has 4 nitrogen and oxygen atoms in total. The molecule has 0 aliphatic carbocycles. The van der Waals surface area contributed by atoms with E-state index in [1.165, 1.54) is 0 Å². The lowest BCUT2D eigenvalue weighted by atomic mass is 10.2. The third-order valence-electron chi connectivity index (χ3n) is 2.68. The summed E-state index contributed by atoms with van der Waals surface area (Å²) >= 11 is 1.60. The van der Waals surface area contributed by atoms with Gasteiger partial charge in [-0.2, -0.15) is 0 Å². The third-order valence-corrected chi connectivity index (χ3v) is 3.41. The quantitative estimate of drug-likeness (QED) is 0.568. The SMILES string of the molecule is CSc1cccc(C(=O)NCCCCCC(=O)O)c1. The Morgan fingerprint density at radius 2 is 2.05 bits per heavy atom. The zero-order valence-corrected chi connectivity index (χ0v) is 11.8. The number of benzene rings is 1. The predicted octanol–water partition coefficient (Wildman–Crippen LogP) is 2.78. The molecule has 1 aromatic carbocycles. The van der Waals surface area contributed by atoms with Crippen molar-refractivity contribution in [2.24, 2.45) is 0 Å². The molecule has 0 aromatic heterocycles. The van der Waals surface area contributed by atoms with Crippen molar-refractivity contribution in [2.75, 3.05) is 12.8 Å². The summed E-state index contributed by atoms with van der Waals surface area (Å²) in [6.07, 6.45) is 4.45. The van der Waals surface area contributed by atoms with Gasteiger partial charge in [-0.3, -0.25) is 9.59 Å². The highest BCUT2D eigenvalue weighted by Crippen LogP contribution is 2.15. The number of carboxylic acids is 1. The summed E-state index contributed by atoms with van der Waals surface area (Å²) in [5.41, 5.74) is 0.664. The van der Waals surface area contributed by atoms with E-state index in [0.29, 0.717) is 18.5 Å². The van der Waals surface area contributed by atoms with Crippen LogP contribution in [0, 0.1) is 0 Å². The fraction of sp³-hybridized carbons (Fsp3) is 0.429. The Hall–Kier alpha value is -1.49. The fourth-order valence-corrected chi connectivity index (χ4v) is 2.11. The van der Waals surface area contributed by atoms with E-state index < -0.39 is 5.97 Å². The van der Waals surface area contributed by atoms with Crippen molar-refractivity contribution in [3.8, 4) is 0 Å². The van der Waals surface area contributed by atoms with E-state index in [4.69, 9.17) is 5.11 Å². The second-order valence-electron chi connectivity index (χ2n) is 4.19. The van der Waals surface area contributed by atoms with Crippen molar-refractivity contribution >= 4 is 23.6 Å². The minimum atomic E-state index is -0.766. The summed E-state index contributed by atoms with van der Waals surface area (Å²) in [5.74, 6) is -0.841. The fourth-order valence-electron chi connectivity index (χ4n) is 1.65. The summed E-state index contributed by atoms with van der Waals surface area (Å²) in [6.45, 7) is 0.585. The third kappa shape index (κ3) is 6.29. The van der Waals surface area contributed by atoms with Crippen molar-refractivity contribution < 1.29 is 14.7 Å². The van der Waals surface area contributed by atoms with Crippen LogP contribution in [0.5, 0.6) is 0 Å². The molecule has 0 bridgehead atoms. The molecule has 0 fully saturated rings. The van der Waals surface area contributed by atoms with Gasteiger partial charge in [0.05, 0.1) is 0 Å². The molecule has 0 radical (unpaired) electrons. The molecule has 0 unspecified atom stereocenters. The molecule has 0 aliphatic heterocycles. The van der Waals surface area contributed by atoms with Crippen LogP contribution in [0.2, 0.25) is 0 Å². The van der Waals surface area contributed by atoms with Gasteiger partial charge in [0.15, 0.2) is 0 Å². The Balaban J connectivity index is 2.25. The number of rotatable bonds is 8. The number of nitrogens with one attached hydrogen (secondary N) is 1. The number of carboxylic acid groups (broad SMARTS) is 1. The van der Waals surface area contributed by atoms with Gasteiger partial charge in [-0.15, -0.1) is 11.8 Å². The highest BCUT2D eigenvalue weighted by molar-refractivity contribution is 7.98. The Kier molecular flexibility index (Phi) is 7.03. The van der Waals surface area contributed by atoms with E-state index >= 15 is 0 Å². The van der Waals surface area contributed by atoms with Crippen molar-refractivity contribution in [3.05, 3.63) is 29.8 Å². The molecule has 1 aromatic rings. The van der Waals surface area contributed by atoms with Crippen LogP contribution in [-0.4, -0.2) is 29.8 Å². The Morgan fingerprint density at radius 1 is 1.26 bits per heavy atom. The van der Waals surface area contributed by atoms with Gasteiger partial charge < -0.3 is 10.4 Å². The number of thioether (sulfide) groups is 1. The maximum absolute atomic E-state index is 11.8. The van der Waals surface area contributed by atoms with Gasteiger partial charge in [-0.1, -0.05) is 12.5 Å². The molecule has 1 amide bonds. The van der Waals surface area contributed by atoms with Crippen LogP contribution >= 0.6 is 11.8 Å². The van der Waals surface area contributed by atoms with Gasteiger partial charge in [-0.25, -0.2) is 0 Å². The molecule has 1 rings (SSSR count). The molecule has 5 heteroatoms. The minimum absolute atomic E-state index is 0.0749. The predicted molar refractivity (Wildman–Crippen MR) is 76.7 cm³/mol. The highest BCUT2D eigenvalue weighted by Gasteiger charge is 2.05. The summed E-state index contributed by atoms with van der Waals surface area (Å²) in [7, 11) is 0.